The van der Waals surface area contributed by atoms with Gasteiger partial charge in [-0.1, -0.05) is 72.3 Å². The van der Waals surface area contributed by atoms with E-state index in [-0.39, 0.29) is 13.7 Å². The third-order valence-corrected chi connectivity index (χ3v) is 3.69. The Labute approximate surface area is 164 Å². The van der Waals surface area contributed by atoms with Crippen molar-refractivity contribution in [1.82, 2.24) is 17.6 Å². The van der Waals surface area contributed by atoms with E-state index in [1.807, 2.05) is 18.2 Å². The summed E-state index contributed by atoms with van der Waals surface area (Å²) in [5.74, 6) is 0.898. The van der Waals surface area contributed by atoms with Crippen LogP contribution in [0.15, 0.2) is 78.9 Å². The Kier molecular flexibility index (Phi) is 12.1. The summed E-state index contributed by atoms with van der Waals surface area (Å²) in [7, 11) is 1.81. The third kappa shape index (κ3) is 8.48. The highest BCUT2D eigenvalue weighted by molar-refractivity contribution is 5.63. The van der Waals surface area contributed by atoms with Gasteiger partial charge >= 0.3 is 0 Å². The smallest absolute Gasteiger partial charge is 0.119 e. The molecule has 0 fully saturated rings. The summed E-state index contributed by atoms with van der Waals surface area (Å²) in [6.07, 6.45) is 0. The Morgan fingerprint density at radius 3 is 1.85 bits per heavy atom. The Balaban J connectivity index is 0. The molecule has 0 saturated heterocycles. The Morgan fingerprint density at radius 1 is 0.815 bits per heavy atom. The number of nitrogens with two attached hydrogens (primary N) is 1. The van der Waals surface area contributed by atoms with E-state index < -0.39 is 0 Å². The molecule has 5 nitrogen and oxygen atoms in total. The molecule has 0 amide bonds. The maximum atomic E-state index is 5.82. The lowest BCUT2D eigenvalue weighted by Gasteiger charge is -2.08. The second kappa shape index (κ2) is 13.5. The van der Waals surface area contributed by atoms with Gasteiger partial charge in [0.05, 0.1) is 0 Å². The molecule has 3 rings (SSSR count). The minimum atomic E-state index is 0. The molecule has 0 radical (unpaired) electrons. The molecule has 5 heteroatoms. The number of nitrogens with one attached hydrogen (secondary N) is 1. The SMILES string of the molecule is CNCN.Cc1ccc(COc2ccc(-c3ccccc3)cc2)cc1.N.N.[HH]. The predicted octanol–water partition coefficient (Wildman–Crippen LogP) is 4.93. The third-order valence-electron chi connectivity index (χ3n) is 3.69. The van der Waals surface area contributed by atoms with Crippen LogP contribution in [-0.4, -0.2) is 13.7 Å². The van der Waals surface area contributed by atoms with E-state index in [4.69, 9.17) is 10.5 Å². The van der Waals surface area contributed by atoms with Gasteiger partial charge in [-0.25, -0.2) is 0 Å². The second-order valence-corrected chi connectivity index (χ2v) is 5.72. The summed E-state index contributed by atoms with van der Waals surface area (Å²) in [6.45, 7) is 3.26. The maximum absolute atomic E-state index is 5.82. The van der Waals surface area contributed by atoms with Crippen molar-refractivity contribution in [3.8, 4) is 16.9 Å². The van der Waals surface area contributed by atoms with Gasteiger partial charge in [0.15, 0.2) is 0 Å². The van der Waals surface area contributed by atoms with E-state index in [9.17, 15) is 0 Å². The lowest BCUT2D eigenvalue weighted by molar-refractivity contribution is 0.306. The minimum absolute atomic E-state index is 0. The van der Waals surface area contributed by atoms with Gasteiger partial charge < -0.3 is 28.1 Å². The molecule has 9 N–H and O–H groups in total. The second-order valence-electron chi connectivity index (χ2n) is 5.72. The largest absolute Gasteiger partial charge is 0.489 e. The van der Waals surface area contributed by atoms with E-state index >= 15 is 0 Å². The summed E-state index contributed by atoms with van der Waals surface area (Å²) in [6, 6.07) is 27.0. The monoisotopic (exact) mass is 370 g/mol. The van der Waals surface area contributed by atoms with E-state index in [0.717, 1.165) is 5.75 Å². The van der Waals surface area contributed by atoms with Gasteiger partial charge in [0.2, 0.25) is 0 Å². The van der Waals surface area contributed by atoms with Crippen molar-refractivity contribution in [1.29, 1.82) is 0 Å². The zero-order chi connectivity index (χ0) is 17.9. The van der Waals surface area contributed by atoms with Crippen LogP contribution in [0.25, 0.3) is 11.1 Å². The van der Waals surface area contributed by atoms with Crippen molar-refractivity contribution < 1.29 is 6.16 Å². The van der Waals surface area contributed by atoms with Gasteiger partial charge in [-0.2, -0.15) is 0 Å². The molecule has 0 bridgehead atoms. The lowest BCUT2D eigenvalue weighted by Crippen LogP contribution is -2.15. The topological polar surface area (TPSA) is 117 Å². The van der Waals surface area contributed by atoms with Crippen molar-refractivity contribution in [2.75, 3.05) is 13.7 Å². The van der Waals surface area contributed by atoms with Gasteiger partial charge in [0.1, 0.15) is 12.4 Å². The van der Waals surface area contributed by atoms with Crippen LogP contribution in [0.4, 0.5) is 0 Å². The summed E-state index contributed by atoms with van der Waals surface area (Å²) in [4.78, 5) is 0. The summed E-state index contributed by atoms with van der Waals surface area (Å²) >= 11 is 0. The van der Waals surface area contributed by atoms with Crippen molar-refractivity contribution in [2.45, 2.75) is 13.5 Å². The Bertz CT molecular complexity index is 733. The number of aryl methyl sites for hydroxylation is 1. The molecule has 0 atom stereocenters. The van der Waals surface area contributed by atoms with Crippen LogP contribution < -0.4 is 28.1 Å². The molecule has 0 unspecified atom stereocenters. The van der Waals surface area contributed by atoms with Crippen molar-refractivity contribution >= 4 is 0 Å². The first-order chi connectivity index (χ1) is 12.2. The number of hydrogen-bond donors (Lipinski definition) is 4. The van der Waals surface area contributed by atoms with Crippen LogP contribution in [0.2, 0.25) is 0 Å². The van der Waals surface area contributed by atoms with Gasteiger partial charge in [-0.05, 0) is 42.8 Å². The highest BCUT2D eigenvalue weighted by Crippen LogP contribution is 2.22. The molecule has 27 heavy (non-hydrogen) atoms. The van der Waals surface area contributed by atoms with Gasteiger partial charge in [0.25, 0.3) is 0 Å². The van der Waals surface area contributed by atoms with Crippen LogP contribution in [0, 0.1) is 6.92 Å². The van der Waals surface area contributed by atoms with Crippen molar-refractivity contribution in [3.05, 3.63) is 90.0 Å². The van der Waals surface area contributed by atoms with Gasteiger partial charge in [-0.3, -0.25) is 0 Å². The first-order valence-electron chi connectivity index (χ1n) is 8.41. The first kappa shape index (κ1) is 24.3. The highest BCUT2D eigenvalue weighted by Gasteiger charge is 1.99. The van der Waals surface area contributed by atoms with Crippen LogP contribution in [0.3, 0.4) is 0 Å². The highest BCUT2D eigenvalue weighted by atomic mass is 16.5. The summed E-state index contributed by atoms with van der Waals surface area (Å²) < 4.78 is 5.82. The number of benzene rings is 3. The van der Waals surface area contributed by atoms with Gasteiger partial charge in [-0.15, -0.1) is 0 Å². The zero-order valence-electron chi connectivity index (χ0n) is 16.3. The molecule has 0 aliphatic heterocycles. The molecular weight excluding hydrogens is 336 g/mol. The van der Waals surface area contributed by atoms with Crippen LogP contribution in [0.5, 0.6) is 5.75 Å². The lowest BCUT2D eigenvalue weighted by atomic mass is 10.1. The Morgan fingerprint density at radius 2 is 1.33 bits per heavy atom. The molecule has 0 aliphatic carbocycles. The van der Waals surface area contributed by atoms with E-state index in [2.05, 4.69) is 72.9 Å². The fraction of sp³-hybridized carbons (Fsp3) is 0.182. The van der Waals surface area contributed by atoms with Crippen LogP contribution in [0.1, 0.15) is 12.6 Å². The molecule has 0 spiro atoms. The molecule has 148 valence electrons. The number of rotatable bonds is 5. The molecule has 0 aromatic heterocycles. The Hall–Kier alpha value is -2.70. The molecule has 0 saturated carbocycles. The molecular formula is C22H34N4O. The predicted molar refractivity (Wildman–Crippen MR) is 118 cm³/mol. The van der Waals surface area contributed by atoms with Crippen molar-refractivity contribution in [3.63, 3.8) is 0 Å². The van der Waals surface area contributed by atoms with Crippen LogP contribution >= 0.6 is 0 Å². The number of ether oxygens (including phenoxy) is 1. The van der Waals surface area contributed by atoms with E-state index in [1.54, 1.807) is 7.05 Å². The molecule has 3 aromatic carbocycles. The van der Waals surface area contributed by atoms with Crippen LogP contribution in [-0.2, 0) is 6.61 Å². The first-order valence-corrected chi connectivity index (χ1v) is 8.41. The fourth-order valence-electron chi connectivity index (χ4n) is 2.23. The fourth-order valence-corrected chi connectivity index (χ4v) is 2.23. The average Bonchev–Trinajstić information content (AvgIpc) is 2.69. The van der Waals surface area contributed by atoms with E-state index in [0.29, 0.717) is 13.3 Å². The molecule has 0 aliphatic rings. The van der Waals surface area contributed by atoms with Crippen molar-refractivity contribution in [2.24, 2.45) is 5.73 Å². The minimum Gasteiger partial charge on any atom is -0.489 e. The normalized spacial score (nSPS) is 9.15. The molecule has 0 heterocycles. The van der Waals surface area contributed by atoms with Gasteiger partial charge in [0, 0.05) is 8.10 Å². The summed E-state index contributed by atoms with van der Waals surface area (Å²) in [5, 5.41) is 2.71. The summed E-state index contributed by atoms with van der Waals surface area (Å²) in [5.41, 5.74) is 9.81. The average molecular weight is 371 g/mol. The quantitative estimate of drug-likeness (QED) is 0.475. The van der Waals surface area contributed by atoms with E-state index in [1.165, 1.54) is 22.3 Å². The zero-order valence-corrected chi connectivity index (χ0v) is 16.3. The standard InChI is InChI=1S/C20H18O.C2H8N2.2H3N.H2/c1-16-7-9-17(10-8-16)15-21-20-13-11-19(12-14-20)18-5-3-2-4-6-18;1-4-2-3;;;/h2-14H,15H2,1H3;4H,2-3H2,1H3;2*1H3;1H. The maximum Gasteiger partial charge on any atom is 0.119 e. The molecule has 3 aromatic rings. The number of hydrogen-bond acceptors (Lipinski definition) is 5.